The Hall–Kier alpha value is -0.640. The highest BCUT2D eigenvalue weighted by Gasteiger charge is 2.12. The first-order valence-electron chi connectivity index (χ1n) is 8.08. The van der Waals surface area contributed by atoms with Crippen LogP contribution in [0.2, 0.25) is 5.02 Å². The Balaban J connectivity index is 2.27. The monoisotopic (exact) mass is 314 g/mol. The normalized spacial score (nSPS) is 12.6. The molecule has 0 spiro atoms. The van der Waals surface area contributed by atoms with Crippen molar-refractivity contribution in [3.63, 3.8) is 0 Å². The predicted molar refractivity (Wildman–Crippen MR) is 88.8 cm³/mol. The topological polar surface area (TPSA) is 38.0 Å². The van der Waals surface area contributed by atoms with Crippen molar-refractivity contribution in [1.29, 1.82) is 0 Å². The van der Waals surface area contributed by atoms with Gasteiger partial charge in [0.25, 0.3) is 0 Å². The summed E-state index contributed by atoms with van der Waals surface area (Å²) in [5.74, 6) is 5.26. The van der Waals surface area contributed by atoms with E-state index < -0.39 is 0 Å². The molecule has 1 aromatic rings. The number of unbranched alkanes of at least 4 members (excludes halogenated alkanes) is 6. The zero-order valence-electron chi connectivity index (χ0n) is 13.0. The highest BCUT2D eigenvalue weighted by molar-refractivity contribution is 6.30. The molecule has 0 aliphatic heterocycles. The maximum atomic E-state index is 13.9. The van der Waals surface area contributed by atoms with Crippen molar-refractivity contribution in [2.45, 2.75) is 70.8 Å². The summed E-state index contributed by atoms with van der Waals surface area (Å²) in [6.45, 7) is 2.23. The van der Waals surface area contributed by atoms with Crippen molar-refractivity contribution in [2.24, 2.45) is 5.84 Å². The van der Waals surface area contributed by atoms with E-state index in [9.17, 15) is 4.39 Å². The Morgan fingerprint density at radius 2 is 1.81 bits per heavy atom. The fourth-order valence-corrected chi connectivity index (χ4v) is 2.76. The summed E-state index contributed by atoms with van der Waals surface area (Å²) in [5.41, 5.74) is 3.43. The summed E-state index contributed by atoms with van der Waals surface area (Å²) < 4.78 is 13.9. The van der Waals surface area contributed by atoms with Crippen LogP contribution in [0.4, 0.5) is 4.39 Å². The molecule has 0 aliphatic rings. The molecular formula is C17H28ClFN2. The fraction of sp³-hybridized carbons (Fsp3) is 0.647. The number of hydrogen-bond acceptors (Lipinski definition) is 2. The Bertz CT molecular complexity index is 398. The summed E-state index contributed by atoms with van der Waals surface area (Å²) in [4.78, 5) is 0. The average molecular weight is 315 g/mol. The molecule has 1 aromatic carbocycles. The van der Waals surface area contributed by atoms with E-state index in [4.69, 9.17) is 17.4 Å². The summed E-state index contributed by atoms with van der Waals surface area (Å²) >= 11 is 5.80. The van der Waals surface area contributed by atoms with Gasteiger partial charge in [0.15, 0.2) is 0 Å². The molecular weight excluding hydrogens is 287 g/mol. The molecule has 0 saturated heterocycles. The number of benzene rings is 1. The molecule has 1 rings (SSSR count). The van der Waals surface area contributed by atoms with Crippen LogP contribution in [0.5, 0.6) is 0 Å². The minimum Gasteiger partial charge on any atom is -0.271 e. The van der Waals surface area contributed by atoms with E-state index in [1.54, 1.807) is 18.2 Å². The molecule has 3 N–H and O–H groups in total. The molecule has 0 saturated carbocycles. The largest absolute Gasteiger partial charge is 0.271 e. The van der Waals surface area contributed by atoms with Crippen molar-refractivity contribution in [1.82, 2.24) is 5.43 Å². The number of nitrogens with two attached hydrogens (primary N) is 1. The Labute approximate surface area is 133 Å². The van der Waals surface area contributed by atoms with Gasteiger partial charge < -0.3 is 0 Å². The van der Waals surface area contributed by atoms with Crippen molar-refractivity contribution in [3.8, 4) is 0 Å². The van der Waals surface area contributed by atoms with E-state index in [2.05, 4.69) is 12.3 Å². The lowest BCUT2D eigenvalue weighted by Crippen LogP contribution is -2.36. The Morgan fingerprint density at radius 1 is 1.14 bits per heavy atom. The van der Waals surface area contributed by atoms with E-state index >= 15 is 0 Å². The lowest BCUT2D eigenvalue weighted by atomic mass is 9.99. The quantitative estimate of drug-likeness (QED) is 0.343. The first kappa shape index (κ1) is 18.4. The van der Waals surface area contributed by atoms with Crippen molar-refractivity contribution < 1.29 is 4.39 Å². The van der Waals surface area contributed by atoms with Crippen LogP contribution in [0, 0.1) is 5.82 Å². The molecule has 0 fully saturated rings. The van der Waals surface area contributed by atoms with Gasteiger partial charge in [0.2, 0.25) is 0 Å². The van der Waals surface area contributed by atoms with Crippen LogP contribution >= 0.6 is 11.6 Å². The van der Waals surface area contributed by atoms with E-state index in [1.165, 1.54) is 38.5 Å². The smallest absolute Gasteiger partial charge is 0.145 e. The molecule has 0 bridgehead atoms. The Kier molecular flexibility index (Phi) is 9.64. The zero-order valence-corrected chi connectivity index (χ0v) is 13.8. The number of hydrazine groups is 1. The number of halogens is 2. The number of hydrogen-bond donors (Lipinski definition) is 2. The summed E-state index contributed by atoms with van der Waals surface area (Å²) in [7, 11) is 0. The minimum atomic E-state index is -0.320. The van der Waals surface area contributed by atoms with Crippen LogP contribution < -0.4 is 11.3 Å². The van der Waals surface area contributed by atoms with Gasteiger partial charge >= 0.3 is 0 Å². The lowest BCUT2D eigenvalue weighted by Gasteiger charge is -2.16. The van der Waals surface area contributed by atoms with Gasteiger partial charge in [0.1, 0.15) is 5.82 Å². The van der Waals surface area contributed by atoms with Crippen molar-refractivity contribution in [2.75, 3.05) is 0 Å². The molecule has 1 atom stereocenters. The first-order chi connectivity index (χ1) is 10.2. The molecule has 4 heteroatoms. The molecule has 0 aromatic heterocycles. The van der Waals surface area contributed by atoms with Crippen LogP contribution in [0.25, 0.3) is 0 Å². The summed E-state index contributed by atoms with van der Waals surface area (Å²) in [6.07, 6.45) is 10.5. The number of rotatable bonds is 11. The van der Waals surface area contributed by atoms with E-state index in [1.807, 2.05) is 0 Å². The molecule has 0 heterocycles. The van der Waals surface area contributed by atoms with Crippen LogP contribution in [0.3, 0.4) is 0 Å². The Morgan fingerprint density at radius 3 is 2.48 bits per heavy atom. The van der Waals surface area contributed by atoms with Gasteiger partial charge in [0, 0.05) is 6.04 Å². The van der Waals surface area contributed by atoms with Crippen LogP contribution in [0.15, 0.2) is 18.2 Å². The third kappa shape index (κ3) is 7.25. The van der Waals surface area contributed by atoms with Gasteiger partial charge in [-0.25, -0.2) is 4.39 Å². The molecule has 0 radical (unpaired) electrons. The van der Waals surface area contributed by atoms with Crippen LogP contribution in [-0.2, 0) is 6.42 Å². The number of nitrogens with one attached hydrogen (secondary N) is 1. The lowest BCUT2D eigenvalue weighted by molar-refractivity contribution is 0.451. The van der Waals surface area contributed by atoms with Crippen LogP contribution in [-0.4, -0.2) is 6.04 Å². The molecule has 0 aliphatic carbocycles. The minimum absolute atomic E-state index is 0.105. The maximum absolute atomic E-state index is 13.9. The summed E-state index contributed by atoms with van der Waals surface area (Å²) in [6, 6.07) is 5.23. The fourth-order valence-electron chi connectivity index (χ4n) is 2.56. The second-order valence-corrected chi connectivity index (χ2v) is 6.10. The van der Waals surface area contributed by atoms with E-state index in [0.29, 0.717) is 12.0 Å². The van der Waals surface area contributed by atoms with E-state index in [0.717, 1.165) is 12.8 Å². The standard InChI is InChI=1S/C17H28ClFN2/c1-2-3-4-5-6-7-8-11-15(21-20)13-14-10-9-12-16(18)17(14)19/h9-10,12,15,21H,2-8,11,13,20H2,1H3. The average Bonchev–Trinajstić information content (AvgIpc) is 2.49. The highest BCUT2D eigenvalue weighted by Crippen LogP contribution is 2.20. The molecule has 120 valence electrons. The molecule has 1 unspecified atom stereocenters. The highest BCUT2D eigenvalue weighted by atomic mass is 35.5. The third-order valence-corrected chi connectivity index (χ3v) is 4.18. The zero-order chi connectivity index (χ0) is 15.5. The van der Waals surface area contributed by atoms with Crippen LogP contribution in [0.1, 0.15) is 63.9 Å². The SMILES string of the molecule is CCCCCCCCCC(Cc1cccc(Cl)c1F)NN. The summed E-state index contributed by atoms with van der Waals surface area (Å²) in [5, 5.41) is 0.180. The van der Waals surface area contributed by atoms with Gasteiger partial charge in [-0.1, -0.05) is 75.6 Å². The maximum Gasteiger partial charge on any atom is 0.145 e. The van der Waals surface area contributed by atoms with Gasteiger partial charge in [-0.05, 0) is 24.5 Å². The van der Waals surface area contributed by atoms with Crippen molar-refractivity contribution >= 4 is 11.6 Å². The second-order valence-electron chi connectivity index (χ2n) is 5.69. The molecule has 21 heavy (non-hydrogen) atoms. The molecule has 0 amide bonds. The van der Waals surface area contributed by atoms with E-state index in [-0.39, 0.29) is 16.9 Å². The second kappa shape index (κ2) is 11.0. The van der Waals surface area contributed by atoms with Gasteiger partial charge in [0.05, 0.1) is 5.02 Å². The van der Waals surface area contributed by atoms with Crippen molar-refractivity contribution in [3.05, 3.63) is 34.6 Å². The van der Waals surface area contributed by atoms with Gasteiger partial charge in [-0.15, -0.1) is 0 Å². The third-order valence-electron chi connectivity index (χ3n) is 3.89. The molecule has 2 nitrogen and oxygen atoms in total. The van der Waals surface area contributed by atoms with Gasteiger partial charge in [-0.2, -0.15) is 0 Å². The van der Waals surface area contributed by atoms with Gasteiger partial charge in [-0.3, -0.25) is 11.3 Å². The first-order valence-corrected chi connectivity index (χ1v) is 8.45. The predicted octanol–water partition coefficient (Wildman–Crippen LogP) is 4.99.